The van der Waals surface area contributed by atoms with E-state index in [2.05, 4.69) is 10.2 Å². The molecule has 0 radical (unpaired) electrons. The van der Waals surface area contributed by atoms with E-state index in [9.17, 15) is 18.0 Å². The van der Waals surface area contributed by atoms with Crippen LogP contribution in [0.2, 0.25) is 0 Å². The molecule has 1 aliphatic rings. The van der Waals surface area contributed by atoms with Crippen LogP contribution in [0.5, 0.6) is 0 Å². The number of amides is 1. The molecule has 1 aromatic heterocycles. The van der Waals surface area contributed by atoms with Crippen molar-refractivity contribution in [1.29, 1.82) is 0 Å². The van der Waals surface area contributed by atoms with Crippen LogP contribution in [0, 0.1) is 13.8 Å². The largest absolute Gasteiger partial charge is 0.350 e. The molecule has 0 bridgehead atoms. The second-order valence-corrected chi connectivity index (χ2v) is 9.63. The number of aromatic nitrogens is 1. The number of benzene rings is 1. The lowest BCUT2D eigenvalue weighted by Gasteiger charge is -2.31. The topological polar surface area (TPSA) is 91.7 Å². The zero-order chi connectivity index (χ0) is 21.9. The number of nitrogens with one attached hydrogen (secondary N) is 1. The lowest BCUT2D eigenvalue weighted by Crippen LogP contribution is -2.47. The molecule has 0 saturated carbocycles. The molecule has 1 N–H and O–H groups in total. The third-order valence-corrected chi connectivity index (χ3v) is 7.28. The Bertz CT molecular complexity index is 1040. The van der Waals surface area contributed by atoms with Crippen molar-refractivity contribution in [1.82, 2.24) is 19.1 Å². The lowest BCUT2D eigenvalue weighted by atomic mass is 10.2. The van der Waals surface area contributed by atoms with Crippen molar-refractivity contribution in [3.05, 3.63) is 63.6 Å². The fraction of sp³-hybridized carbons (Fsp3) is 0.429. The van der Waals surface area contributed by atoms with Gasteiger partial charge >= 0.3 is 0 Å². The van der Waals surface area contributed by atoms with Gasteiger partial charge in [-0.15, -0.1) is 0 Å². The summed E-state index contributed by atoms with van der Waals surface area (Å²) in [5.41, 5.74) is 2.20. The quantitative estimate of drug-likeness (QED) is 0.726. The summed E-state index contributed by atoms with van der Waals surface area (Å²) in [5.74, 6) is -0.181. The van der Waals surface area contributed by atoms with Crippen molar-refractivity contribution in [2.24, 2.45) is 0 Å². The summed E-state index contributed by atoms with van der Waals surface area (Å²) in [4.78, 5) is 26.2. The predicted octanol–water partition coefficient (Wildman–Crippen LogP) is 0.718. The second-order valence-electron chi connectivity index (χ2n) is 7.69. The number of likely N-dealkylation sites (N-methyl/N-ethyl adjacent to an activating group) is 1. The molecular formula is C21H28N4O4S. The second kappa shape index (κ2) is 9.11. The number of piperazine rings is 1. The number of carbonyl (C=O) groups excluding carboxylic acids is 1. The van der Waals surface area contributed by atoms with Crippen LogP contribution in [0.4, 0.5) is 0 Å². The average molecular weight is 433 g/mol. The molecule has 9 heteroatoms. The fourth-order valence-corrected chi connectivity index (χ4v) is 4.92. The van der Waals surface area contributed by atoms with Gasteiger partial charge in [-0.2, -0.15) is 4.31 Å². The van der Waals surface area contributed by atoms with E-state index >= 15 is 0 Å². The number of nitrogens with zero attached hydrogens (tertiary/aromatic N) is 3. The van der Waals surface area contributed by atoms with Gasteiger partial charge in [0.05, 0.1) is 4.90 Å². The van der Waals surface area contributed by atoms with Gasteiger partial charge < -0.3 is 14.8 Å². The van der Waals surface area contributed by atoms with Crippen LogP contribution < -0.4 is 10.7 Å². The van der Waals surface area contributed by atoms with Gasteiger partial charge in [0.1, 0.15) is 6.54 Å². The van der Waals surface area contributed by atoms with Gasteiger partial charge in [-0.1, -0.05) is 12.1 Å². The standard InChI is InChI=1S/C21H28N4O4S/c1-16-12-19(26)13-17(2)25(16)15-21(27)22-14-18-4-6-20(7-5-18)30(28,29)24-10-8-23(3)9-11-24/h4-7,12-13H,8-11,14-15H2,1-3H3,(H,22,27). The molecule has 0 aliphatic carbocycles. The Balaban J connectivity index is 1.59. The first kappa shape index (κ1) is 22.2. The highest BCUT2D eigenvalue weighted by atomic mass is 32.2. The Hall–Kier alpha value is -2.49. The zero-order valence-electron chi connectivity index (χ0n) is 17.6. The Morgan fingerprint density at radius 2 is 1.57 bits per heavy atom. The van der Waals surface area contributed by atoms with Crippen molar-refractivity contribution in [3.63, 3.8) is 0 Å². The van der Waals surface area contributed by atoms with Gasteiger partial charge in [0.25, 0.3) is 0 Å². The molecule has 1 saturated heterocycles. The first-order valence-electron chi connectivity index (χ1n) is 9.89. The van der Waals surface area contributed by atoms with Crippen LogP contribution in [0.15, 0.2) is 46.1 Å². The van der Waals surface area contributed by atoms with Crippen LogP contribution in [0.3, 0.4) is 0 Å². The van der Waals surface area contributed by atoms with Crippen molar-refractivity contribution in [2.45, 2.75) is 31.8 Å². The van der Waals surface area contributed by atoms with E-state index in [1.165, 1.54) is 16.4 Å². The third kappa shape index (κ3) is 5.16. The van der Waals surface area contributed by atoms with Crippen LogP contribution in [-0.4, -0.2) is 61.3 Å². The molecule has 1 aromatic carbocycles. The number of pyridine rings is 1. The highest BCUT2D eigenvalue weighted by molar-refractivity contribution is 7.89. The molecule has 8 nitrogen and oxygen atoms in total. The molecule has 3 rings (SSSR count). The van der Waals surface area contributed by atoms with Gasteiger partial charge in [0.2, 0.25) is 15.9 Å². The molecule has 1 fully saturated rings. The lowest BCUT2D eigenvalue weighted by molar-refractivity contribution is -0.121. The van der Waals surface area contributed by atoms with E-state index in [4.69, 9.17) is 0 Å². The summed E-state index contributed by atoms with van der Waals surface area (Å²) in [6, 6.07) is 9.62. The molecule has 0 unspecified atom stereocenters. The Kier molecular flexibility index (Phi) is 6.74. The van der Waals surface area contributed by atoms with Gasteiger partial charge in [0, 0.05) is 56.2 Å². The predicted molar refractivity (Wildman–Crippen MR) is 115 cm³/mol. The highest BCUT2D eigenvalue weighted by Crippen LogP contribution is 2.18. The highest BCUT2D eigenvalue weighted by Gasteiger charge is 2.27. The third-order valence-electron chi connectivity index (χ3n) is 5.37. The number of rotatable bonds is 6. The average Bonchev–Trinajstić information content (AvgIpc) is 2.70. The molecule has 162 valence electrons. The van der Waals surface area contributed by atoms with E-state index in [1.807, 2.05) is 7.05 Å². The molecule has 30 heavy (non-hydrogen) atoms. The van der Waals surface area contributed by atoms with Crippen molar-refractivity contribution in [2.75, 3.05) is 33.2 Å². The maximum Gasteiger partial charge on any atom is 0.243 e. The van der Waals surface area contributed by atoms with Gasteiger partial charge in [0.15, 0.2) is 5.43 Å². The maximum absolute atomic E-state index is 12.8. The fourth-order valence-electron chi connectivity index (χ4n) is 3.49. The minimum absolute atomic E-state index is 0.0757. The molecule has 1 amide bonds. The molecular weight excluding hydrogens is 404 g/mol. The van der Waals surface area contributed by atoms with E-state index in [0.717, 1.165) is 30.0 Å². The van der Waals surface area contributed by atoms with Gasteiger partial charge in [-0.25, -0.2) is 8.42 Å². The summed E-state index contributed by atoms with van der Waals surface area (Å²) in [7, 11) is -1.52. The Labute approximate surface area is 177 Å². The number of carbonyl (C=O) groups is 1. The molecule has 2 aromatic rings. The zero-order valence-corrected chi connectivity index (χ0v) is 18.4. The van der Waals surface area contributed by atoms with E-state index in [1.54, 1.807) is 42.7 Å². The summed E-state index contributed by atoms with van der Waals surface area (Å²) < 4.78 is 28.8. The van der Waals surface area contributed by atoms with Crippen LogP contribution in [-0.2, 0) is 27.9 Å². The maximum atomic E-state index is 12.8. The first-order valence-corrected chi connectivity index (χ1v) is 11.3. The van der Waals surface area contributed by atoms with Crippen LogP contribution >= 0.6 is 0 Å². The molecule has 2 heterocycles. The Morgan fingerprint density at radius 1 is 1.00 bits per heavy atom. The van der Waals surface area contributed by atoms with Gasteiger partial charge in [-0.3, -0.25) is 9.59 Å². The summed E-state index contributed by atoms with van der Waals surface area (Å²) in [6.45, 7) is 6.42. The molecule has 0 atom stereocenters. The van der Waals surface area contributed by atoms with Crippen LogP contribution in [0.1, 0.15) is 17.0 Å². The molecule has 0 spiro atoms. The SMILES string of the molecule is Cc1cc(=O)cc(C)n1CC(=O)NCc1ccc(S(=O)(=O)N2CCN(C)CC2)cc1. The molecule has 1 aliphatic heterocycles. The normalized spacial score (nSPS) is 15.8. The van der Waals surface area contributed by atoms with Crippen LogP contribution in [0.25, 0.3) is 0 Å². The van der Waals surface area contributed by atoms with E-state index < -0.39 is 10.0 Å². The van der Waals surface area contributed by atoms with E-state index in [0.29, 0.717) is 19.6 Å². The van der Waals surface area contributed by atoms with E-state index in [-0.39, 0.29) is 22.8 Å². The summed E-state index contributed by atoms with van der Waals surface area (Å²) >= 11 is 0. The summed E-state index contributed by atoms with van der Waals surface area (Å²) in [6.07, 6.45) is 0. The minimum Gasteiger partial charge on any atom is -0.350 e. The number of sulfonamides is 1. The smallest absolute Gasteiger partial charge is 0.243 e. The van der Waals surface area contributed by atoms with Crippen molar-refractivity contribution >= 4 is 15.9 Å². The monoisotopic (exact) mass is 432 g/mol. The van der Waals surface area contributed by atoms with Crippen molar-refractivity contribution in [3.8, 4) is 0 Å². The number of aryl methyl sites for hydroxylation is 2. The first-order chi connectivity index (χ1) is 14.2. The minimum atomic E-state index is -3.50. The Morgan fingerprint density at radius 3 is 2.13 bits per heavy atom. The van der Waals surface area contributed by atoms with Gasteiger partial charge in [-0.05, 0) is 38.6 Å². The number of hydrogen-bond acceptors (Lipinski definition) is 5. The van der Waals surface area contributed by atoms with Crippen molar-refractivity contribution < 1.29 is 13.2 Å². The summed E-state index contributed by atoms with van der Waals surface area (Å²) in [5, 5.41) is 2.84. The number of hydrogen-bond donors (Lipinski definition) is 1.